The van der Waals surface area contributed by atoms with Gasteiger partial charge in [0.2, 0.25) is 5.28 Å². The van der Waals surface area contributed by atoms with E-state index in [2.05, 4.69) is 21.4 Å². The van der Waals surface area contributed by atoms with Crippen LogP contribution in [0.25, 0.3) is 10.2 Å². The molecule has 0 aliphatic carbocycles. The largest absolute Gasteiger partial charge is 0.339 e. The average molecular weight is 324 g/mol. The van der Waals surface area contributed by atoms with Crippen LogP contribution in [0.2, 0.25) is 10.3 Å². The molecule has 3 rings (SSSR count). The number of fused-ring (bicyclic) bond motifs is 1. The SMILES string of the molecule is Cc1cc2c(Nc3ccc(C)c(Cl)c3)nc(Cl)nc2s1. The van der Waals surface area contributed by atoms with E-state index in [1.165, 1.54) is 4.88 Å². The molecule has 0 aliphatic rings. The molecule has 0 aliphatic heterocycles. The van der Waals surface area contributed by atoms with Gasteiger partial charge in [-0.05, 0) is 49.2 Å². The average Bonchev–Trinajstić information content (AvgIpc) is 2.74. The van der Waals surface area contributed by atoms with Crippen molar-refractivity contribution < 1.29 is 0 Å². The van der Waals surface area contributed by atoms with Gasteiger partial charge in [-0.15, -0.1) is 11.3 Å². The maximum atomic E-state index is 6.14. The minimum absolute atomic E-state index is 0.236. The minimum atomic E-state index is 0.236. The minimum Gasteiger partial charge on any atom is -0.339 e. The number of hydrogen-bond donors (Lipinski definition) is 1. The highest BCUT2D eigenvalue weighted by atomic mass is 35.5. The van der Waals surface area contributed by atoms with Crippen molar-refractivity contribution in [2.75, 3.05) is 5.32 Å². The van der Waals surface area contributed by atoms with Gasteiger partial charge < -0.3 is 5.32 Å². The fourth-order valence-corrected chi connectivity index (χ4v) is 3.20. The first-order valence-electron chi connectivity index (χ1n) is 6.00. The molecule has 2 aromatic heterocycles. The second-order valence-corrected chi connectivity index (χ2v) is 6.49. The van der Waals surface area contributed by atoms with Crippen LogP contribution in [0.15, 0.2) is 24.3 Å². The monoisotopic (exact) mass is 323 g/mol. The van der Waals surface area contributed by atoms with Crippen molar-refractivity contribution in [2.24, 2.45) is 0 Å². The first-order valence-corrected chi connectivity index (χ1v) is 7.57. The number of nitrogens with zero attached hydrogens (tertiary/aromatic N) is 2. The van der Waals surface area contributed by atoms with Gasteiger partial charge in [0, 0.05) is 15.6 Å². The van der Waals surface area contributed by atoms with Gasteiger partial charge in [0.15, 0.2) is 0 Å². The molecule has 1 N–H and O–H groups in total. The Bertz CT molecular complexity index is 798. The Hall–Kier alpha value is -1.36. The van der Waals surface area contributed by atoms with Gasteiger partial charge in [-0.2, -0.15) is 4.98 Å². The second-order valence-electron chi connectivity index (χ2n) is 4.51. The van der Waals surface area contributed by atoms with Crippen LogP contribution in [-0.2, 0) is 0 Å². The molecule has 6 heteroatoms. The summed E-state index contributed by atoms with van der Waals surface area (Å²) in [5.74, 6) is 0.698. The van der Waals surface area contributed by atoms with E-state index < -0.39 is 0 Å². The van der Waals surface area contributed by atoms with Gasteiger partial charge in [0.05, 0.1) is 5.39 Å². The van der Waals surface area contributed by atoms with Crippen molar-refractivity contribution in [2.45, 2.75) is 13.8 Å². The number of anilines is 2. The molecule has 0 atom stereocenters. The van der Waals surface area contributed by atoms with Gasteiger partial charge in [-0.1, -0.05) is 17.7 Å². The zero-order chi connectivity index (χ0) is 14.3. The van der Waals surface area contributed by atoms with Crippen LogP contribution < -0.4 is 5.32 Å². The maximum absolute atomic E-state index is 6.14. The maximum Gasteiger partial charge on any atom is 0.225 e. The number of nitrogens with one attached hydrogen (secondary N) is 1. The molecular formula is C14H11Cl2N3S. The number of thiophene rings is 1. The standard InChI is InChI=1S/C14H11Cl2N3S/c1-7-3-4-9(6-11(7)15)17-12-10-5-8(2)20-13(10)19-14(16)18-12/h3-6H,1-2H3,(H,17,18,19). The molecule has 3 nitrogen and oxygen atoms in total. The molecule has 0 saturated carbocycles. The van der Waals surface area contributed by atoms with E-state index in [-0.39, 0.29) is 5.28 Å². The Kier molecular flexibility index (Phi) is 3.54. The molecule has 3 aromatic rings. The van der Waals surface area contributed by atoms with Crippen LogP contribution in [0.3, 0.4) is 0 Å². The van der Waals surface area contributed by atoms with E-state index in [4.69, 9.17) is 23.2 Å². The van der Waals surface area contributed by atoms with Gasteiger partial charge >= 0.3 is 0 Å². The molecule has 20 heavy (non-hydrogen) atoms. The topological polar surface area (TPSA) is 37.8 Å². The van der Waals surface area contributed by atoms with E-state index in [1.807, 2.05) is 32.0 Å². The Labute approximate surface area is 130 Å². The summed E-state index contributed by atoms with van der Waals surface area (Å²) in [7, 11) is 0. The van der Waals surface area contributed by atoms with E-state index in [0.717, 1.165) is 21.5 Å². The molecule has 0 radical (unpaired) electrons. The van der Waals surface area contributed by atoms with Crippen molar-refractivity contribution in [3.63, 3.8) is 0 Å². The normalized spacial score (nSPS) is 11.0. The highest BCUT2D eigenvalue weighted by Gasteiger charge is 2.10. The highest BCUT2D eigenvalue weighted by molar-refractivity contribution is 7.18. The van der Waals surface area contributed by atoms with E-state index in [1.54, 1.807) is 11.3 Å². The van der Waals surface area contributed by atoms with Crippen molar-refractivity contribution in [1.29, 1.82) is 0 Å². The molecule has 0 bridgehead atoms. The number of halogens is 2. The van der Waals surface area contributed by atoms with Gasteiger partial charge in [-0.25, -0.2) is 4.98 Å². The summed E-state index contributed by atoms with van der Waals surface area (Å²) in [6.45, 7) is 4.00. The van der Waals surface area contributed by atoms with Crippen LogP contribution in [0.1, 0.15) is 10.4 Å². The molecule has 0 amide bonds. The van der Waals surface area contributed by atoms with Crippen molar-refractivity contribution in [3.05, 3.63) is 45.0 Å². The quantitative estimate of drug-likeness (QED) is 0.645. The molecular weight excluding hydrogens is 313 g/mol. The van der Waals surface area contributed by atoms with E-state index in [0.29, 0.717) is 10.8 Å². The molecule has 0 spiro atoms. The summed E-state index contributed by atoms with van der Waals surface area (Å²) in [6, 6.07) is 7.85. The molecule has 0 unspecified atom stereocenters. The summed E-state index contributed by atoms with van der Waals surface area (Å²) in [5, 5.41) is 5.17. The third kappa shape index (κ3) is 2.59. The van der Waals surface area contributed by atoms with Gasteiger partial charge in [0.25, 0.3) is 0 Å². The predicted molar refractivity (Wildman–Crippen MR) is 86.6 cm³/mol. The summed E-state index contributed by atoms with van der Waals surface area (Å²) in [5.41, 5.74) is 1.91. The summed E-state index contributed by atoms with van der Waals surface area (Å²) in [6.07, 6.45) is 0. The predicted octanol–water partition coefficient (Wildman–Crippen LogP) is 5.36. The lowest BCUT2D eigenvalue weighted by atomic mass is 10.2. The van der Waals surface area contributed by atoms with Crippen molar-refractivity contribution >= 4 is 56.3 Å². The zero-order valence-electron chi connectivity index (χ0n) is 10.9. The molecule has 0 fully saturated rings. The molecule has 2 heterocycles. The third-order valence-electron chi connectivity index (χ3n) is 2.92. The third-order valence-corrected chi connectivity index (χ3v) is 4.44. The van der Waals surface area contributed by atoms with Gasteiger partial charge in [0.1, 0.15) is 10.6 Å². The van der Waals surface area contributed by atoms with Crippen LogP contribution in [-0.4, -0.2) is 9.97 Å². The van der Waals surface area contributed by atoms with Crippen molar-refractivity contribution in [3.8, 4) is 0 Å². The fourth-order valence-electron chi connectivity index (χ4n) is 1.92. The number of aryl methyl sites for hydroxylation is 2. The van der Waals surface area contributed by atoms with E-state index >= 15 is 0 Å². The Morgan fingerprint density at radius 1 is 1.10 bits per heavy atom. The Morgan fingerprint density at radius 2 is 1.90 bits per heavy atom. The number of hydrogen-bond acceptors (Lipinski definition) is 4. The van der Waals surface area contributed by atoms with Crippen molar-refractivity contribution in [1.82, 2.24) is 9.97 Å². The summed E-state index contributed by atoms with van der Waals surface area (Å²) >= 11 is 13.7. The van der Waals surface area contributed by atoms with Crippen LogP contribution in [0.5, 0.6) is 0 Å². The zero-order valence-corrected chi connectivity index (χ0v) is 13.2. The number of benzene rings is 1. The van der Waals surface area contributed by atoms with Gasteiger partial charge in [-0.3, -0.25) is 0 Å². The van der Waals surface area contributed by atoms with Crippen LogP contribution in [0.4, 0.5) is 11.5 Å². The molecule has 102 valence electrons. The van der Waals surface area contributed by atoms with Crippen LogP contribution >= 0.6 is 34.5 Å². The molecule has 1 aromatic carbocycles. The summed E-state index contributed by atoms with van der Waals surface area (Å²) < 4.78 is 0. The number of aromatic nitrogens is 2. The lowest BCUT2D eigenvalue weighted by molar-refractivity contribution is 1.23. The lowest BCUT2D eigenvalue weighted by Crippen LogP contribution is -1.96. The summed E-state index contributed by atoms with van der Waals surface area (Å²) in [4.78, 5) is 10.6. The number of rotatable bonds is 2. The lowest BCUT2D eigenvalue weighted by Gasteiger charge is -2.08. The Balaban J connectivity index is 2.07. The Morgan fingerprint density at radius 3 is 2.65 bits per heavy atom. The first-order chi connectivity index (χ1) is 9.52. The smallest absolute Gasteiger partial charge is 0.225 e. The molecule has 0 saturated heterocycles. The van der Waals surface area contributed by atoms with E-state index in [9.17, 15) is 0 Å². The second kappa shape index (κ2) is 5.20. The van der Waals surface area contributed by atoms with Crippen LogP contribution in [0, 0.1) is 13.8 Å². The highest BCUT2D eigenvalue weighted by Crippen LogP contribution is 2.32. The first kappa shape index (κ1) is 13.6. The fraction of sp³-hybridized carbons (Fsp3) is 0.143.